The Bertz CT molecular complexity index is 319. The Labute approximate surface area is 98.0 Å². The molecule has 1 aromatic rings. The highest BCUT2D eigenvalue weighted by Crippen LogP contribution is 2.29. The van der Waals surface area contributed by atoms with Crippen molar-refractivity contribution in [2.24, 2.45) is 11.5 Å². The quantitative estimate of drug-likeness (QED) is 0.616. The van der Waals surface area contributed by atoms with E-state index in [9.17, 15) is 10.1 Å². The molecule has 1 rings (SSSR count). The predicted octanol–water partition coefficient (Wildman–Crippen LogP) is 1.82. The van der Waals surface area contributed by atoms with Crippen LogP contribution < -0.4 is 11.5 Å². The zero-order chi connectivity index (χ0) is 10.6. The molecule has 0 aliphatic carbocycles. The molecule has 0 bridgehead atoms. The van der Waals surface area contributed by atoms with Crippen LogP contribution in [0.3, 0.4) is 0 Å². The smallest absolute Gasteiger partial charge is 0.324 e. The van der Waals surface area contributed by atoms with Crippen molar-refractivity contribution in [1.29, 1.82) is 0 Å². The van der Waals surface area contributed by atoms with Gasteiger partial charge in [-0.05, 0) is 25.5 Å². The molecule has 0 amide bonds. The number of rotatable bonds is 5. The van der Waals surface area contributed by atoms with Gasteiger partial charge in [0.15, 0.2) is 0 Å². The second-order valence-electron chi connectivity index (χ2n) is 2.97. The van der Waals surface area contributed by atoms with Gasteiger partial charge < -0.3 is 11.5 Å². The van der Waals surface area contributed by atoms with E-state index in [4.69, 9.17) is 11.5 Å². The van der Waals surface area contributed by atoms with Crippen molar-refractivity contribution in [1.82, 2.24) is 0 Å². The summed E-state index contributed by atoms with van der Waals surface area (Å²) < 4.78 is 0. The third-order valence-electron chi connectivity index (χ3n) is 1.88. The van der Waals surface area contributed by atoms with Crippen LogP contribution in [0.4, 0.5) is 5.00 Å². The molecule has 5 nitrogen and oxygen atoms in total. The van der Waals surface area contributed by atoms with Gasteiger partial charge in [-0.1, -0.05) is 11.3 Å². The zero-order valence-electron chi connectivity index (χ0n) is 8.09. The number of thiophene rings is 1. The van der Waals surface area contributed by atoms with Crippen molar-refractivity contribution in [2.45, 2.75) is 18.9 Å². The van der Waals surface area contributed by atoms with Gasteiger partial charge in [-0.3, -0.25) is 10.1 Å². The number of nitrogens with two attached hydrogens (primary N) is 2. The lowest BCUT2D eigenvalue weighted by Gasteiger charge is -2.06. The average molecular weight is 252 g/mol. The lowest BCUT2D eigenvalue weighted by atomic mass is 10.1. The molecule has 0 aliphatic heterocycles. The van der Waals surface area contributed by atoms with E-state index in [0.717, 1.165) is 29.1 Å². The number of hydrogen-bond donors (Lipinski definition) is 2. The fraction of sp³-hybridized carbons (Fsp3) is 0.500. The molecule has 0 spiro atoms. The third kappa shape index (κ3) is 4.13. The highest BCUT2D eigenvalue weighted by Gasteiger charge is 2.14. The Hall–Kier alpha value is -0.690. The first-order valence-electron chi connectivity index (χ1n) is 4.35. The molecule has 1 atom stereocenters. The summed E-state index contributed by atoms with van der Waals surface area (Å²) in [5.74, 6) is 0. The third-order valence-corrected chi connectivity index (χ3v) is 3.05. The van der Waals surface area contributed by atoms with Crippen LogP contribution in [0.1, 0.15) is 23.8 Å². The van der Waals surface area contributed by atoms with Crippen LogP contribution in [-0.2, 0) is 0 Å². The van der Waals surface area contributed by atoms with Gasteiger partial charge in [0.25, 0.3) is 0 Å². The highest BCUT2D eigenvalue weighted by molar-refractivity contribution is 7.15. The summed E-state index contributed by atoms with van der Waals surface area (Å²) in [6.07, 6.45) is 1.61. The summed E-state index contributed by atoms with van der Waals surface area (Å²) in [7, 11) is 0. The minimum absolute atomic E-state index is 0. The second-order valence-corrected chi connectivity index (χ2v) is 4.06. The Kier molecular flexibility index (Phi) is 6.42. The van der Waals surface area contributed by atoms with Crippen LogP contribution >= 0.6 is 23.7 Å². The van der Waals surface area contributed by atoms with Gasteiger partial charge in [0.05, 0.1) is 4.92 Å². The van der Waals surface area contributed by atoms with Crippen LogP contribution in [0.2, 0.25) is 0 Å². The van der Waals surface area contributed by atoms with Gasteiger partial charge in [-0.25, -0.2) is 0 Å². The molecule has 1 heterocycles. The van der Waals surface area contributed by atoms with E-state index in [1.807, 2.05) is 0 Å². The molecule has 7 heteroatoms. The topological polar surface area (TPSA) is 95.2 Å². The maximum absolute atomic E-state index is 10.4. The molecule has 0 aromatic carbocycles. The van der Waals surface area contributed by atoms with Gasteiger partial charge >= 0.3 is 5.00 Å². The van der Waals surface area contributed by atoms with Gasteiger partial charge in [0.1, 0.15) is 0 Å². The summed E-state index contributed by atoms with van der Waals surface area (Å²) in [4.78, 5) is 10.9. The van der Waals surface area contributed by atoms with Crippen molar-refractivity contribution in [3.05, 3.63) is 27.1 Å². The van der Waals surface area contributed by atoms with Gasteiger partial charge in [-0.2, -0.15) is 0 Å². The lowest BCUT2D eigenvalue weighted by molar-refractivity contribution is -0.380. The van der Waals surface area contributed by atoms with E-state index < -0.39 is 4.92 Å². The minimum atomic E-state index is -0.399. The zero-order valence-corrected chi connectivity index (χ0v) is 9.72. The molecule has 0 saturated heterocycles. The maximum atomic E-state index is 10.4. The van der Waals surface area contributed by atoms with Gasteiger partial charge in [0, 0.05) is 17.0 Å². The molecule has 0 saturated carbocycles. The van der Waals surface area contributed by atoms with Crippen LogP contribution in [0.25, 0.3) is 0 Å². The molecule has 0 unspecified atom stereocenters. The van der Waals surface area contributed by atoms with E-state index >= 15 is 0 Å². The number of hydrogen-bond acceptors (Lipinski definition) is 5. The van der Waals surface area contributed by atoms with Crippen molar-refractivity contribution in [2.75, 3.05) is 6.54 Å². The van der Waals surface area contributed by atoms with Crippen molar-refractivity contribution >= 4 is 28.7 Å². The predicted molar refractivity (Wildman–Crippen MR) is 63.4 cm³/mol. The van der Waals surface area contributed by atoms with Crippen LogP contribution in [0.5, 0.6) is 0 Å². The van der Waals surface area contributed by atoms with E-state index in [2.05, 4.69) is 0 Å². The summed E-state index contributed by atoms with van der Waals surface area (Å²) >= 11 is 1.13. The van der Waals surface area contributed by atoms with Crippen LogP contribution in [0.15, 0.2) is 12.1 Å². The molecule has 86 valence electrons. The van der Waals surface area contributed by atoms with Crippen LogP contribution in [-0.4, -0.2) is 11.5 Å². The molecule has 0 aliphatic rings. The van der Waals surface area contributed by atoms with E-state index in [1.54, 1.807) is 6.07 Å². The molecular weight excluding hydrogens is 238 g/mol. The number of nitrogens with zero attached hydrogens (tertiary/aromatic N) is 1. The molecule has 0 radical (unpaired) electrons. The standard InChI is InChI=1S/C8H13N3O2S.ClH/c9-5-1-2-6(10)7-3-4-8(14-7)11(12)13;/h3-4,6H,1-2,5,9-10H2;1H/t6-;/m0./s1. The van der Waals surface area contributed by atoms with E-state index in [1.165, 1.54) is 6.07 Å². The molecule has 15 heavy (non-hydrogen) atoms. The normalized spacial score (nSPS) is 11.9. The molecule has 4 N–H and O–H groups in total. The second kappa shape index (κ2) is 6.73. The van der Waals surface area contributed by atoms with Crippen molar-refractivity contribution in [3.63, 3.8) is 0 Å². The summed E-state index contributed by atoms with van der Waals surface area (Å²) in [5.41, 5.74) is 11.2. The molecular formula is C8H14ClN3O2S. The Morgan fingerprint density at radius 2 is 2.20 bits per heavy atom. The molecule has 1 aromatic heterocycles. The molecule has 0 fully saturated rings. The summed E-state index contributed by atoms with van der Waals surface area (Å²) in [5, 5.41) is 10.5. The number of halogens is 1. The average Bonchev–Trinajstić information content (AvgIpc) is 2.62. The first-order valence-corrected chi connectivity index (χ1v) is 5.16. The minimum Gasteiger partial charge on any atom is -0.330 e. The lowest BCUT2D eigenvalue weighted by Crippen LogP contribution is -2.10. The first-order chi connectivity index (χ1) is 6.65. The fourth-order valence-electron chi connectivity index (χ4n) is 1.12. The summed E-state index contributed by atoms with van der Waals surface area (Å²) in [6, 6.07) is 3.07. The number of nitro groups is 1. The van der Waals surface area contributed by atoms with Crippen LogP contribution in [0, 0.1) is 10.1 Å². The maximum Gasteiger partial charge on any atom is 0.324 e. The van der Waals surface area contributed by atoms with Crippen molar-refractivity contribution < 1.29 is 4.92 Å². The Morgan fingerprint density at radius 3 is 2.67 bits per heavy atom. The van der Waals surface area contributed by atoms with Crippen molar-refractivity contribution in [3.8, 4) is 0 Å². The van der Waals surface area contributed by atoms with Gasteiger partial charge in [-0.15, -0.1) is 12.4 Å². The highest BCUT2D eigenvalue weighted by atomic mass is 35.5. The Morgan fingerprint density at radius 1 is 1.53 bits per heavy atom. The van der Waals surface area contributed by atoms with Gasteiger partial charge in [0.2, 0.25) is 0 Å². The SMILES string of the molecule is Cl.NCCC[C@H](N)c1ccc([N+](=O)[O-])s1. The largest absolute Gasteiger partial charge is 0.330 e. The van der Waals surface area contributed by atoms with E-state index in [0.29, 0.717) is 6.54 Å². The Balaban J connectivity index is 0.00000196. The fourth-order valence-corrected chi connectivity index (χ4v) is 1.98. The monoisotopic (exact) mass is 251 g/mol. The van der Waals surface area contributed by atoms with E-state index in [-0.39, 0.29) is 23.4 Å². The summed E-state index contributed by atoms with van der Waals surface area (Å²) in [6.45, 7) is 0.598. The first kappa shape index (κ1) is 14.3.